The average molecular weight is 578 g/mol. The highest BCUT2D eigenvalue weighted by atomic mass is 32.3. The van der Waals surface area contributed by atoms with Gasteiger partial charge in [0.25, 0.3) is 0 Å². The van der Waals surface area contributed by atoms with Crippen molar-refractivity contribution in [2.24, 2.45) is 4.40 Å². The smallest absolute Gasteiger partial charge is 0.323 e. The minimum Gasteiger partial charge on any atom is -0.506 e. The molecule has 1 unspecified atom stereocenters. The second-order valence-electron chi connectivity index (χ2n) is 9.60. The third-order valence-corrected chi connectivity index (χ3v) is 10.0. The number of carbonyl (C=O) groups excluding carboxylic acids is 1. The van der Waals surface area contributed by atoms with Crippen LogP contribution in [0.15, 0.2) is 57.3 Å². The number of fused-ring (bicyclic) bond motifs is 2. The lowest BCUT2D eigenvalue weighted by Gasteiger charge is -2.40. The number of aliphatic hydroxyl groups is 1. The van der Waals surface area contributed by atoms with Gasteiger partial charge >= 0.3 is 5.97 Å². The summed E-state index contributed by atoms with van der Waals surface area (Å²) < 4.78 is 52.8. The van der Waals surface area contributed by atoms with Crippen molar-refractivity contribution in [2.75, 3.05) is 10.0 Å². The molecule has 13 heteroatoms. The van der Waals surface area contributed by atoms with Gasteiger partial charge in [-0.3, -0.25) is 23.4 Å². The normalized spacial score (nSPS) is 19.2. The van der Waals surface area contributed by atoms with Crippen molar-refractivity contribution >= 4 is 55.5 Å². The Hall–Kier alpha value is -3.39. The van der Waals surface area contributed by atoms with Gasteiger partial charge in [0.05, 0.1) is 16.8 Å². The second kappa shape index (κ2) is 10.3. The van der Waals surface area contributed by atoms with Crippen molar-refractivity contribution < 1.29 is 37.3 Å². The molecule has 0 fully saturated rings. The number of nitrogens with zero attached hydrogens (tertiary/aromatic N) is 1. The summed E-state index contributed by atoms with van der Waals surface area (Å²) in [5, 5.41) is 21.5. The molecular formula is C26H31N3O8S2. The molecule has 39 heavy (non-hydrogen) atoms. The van der Waals surface area contributed by atoms with E-state index >= 15 is 0 Å². The van der Waals surface area contributed by atoms with Crippen LogP contribution in [0.1, 0.15) is 57.6 Å². The fraction of sp³-hybridized carbons (Fsp3) is 0.346. The number of amidine groups is 1. The number of Topliss-reactive ketones (excluding diaryl/α,β-unsaturated/α-hetero) is 1. The van der Waals surface area contributed by atoms with Gasteiger partial charge in [0.2, 0.25) is 10.0 Å². The molecule has 11 nitrogen and oxygen atoms in total. The van der Waals surface area contributed by atoms with Crippen molar-refractivity contribution in [2.45, 2.75) is 62.0 Å². The Morgan fingerprint density at radius 1 is 1.13 bits per heavy atom. The van der Waals surface area contributed by atoms with Gasteiger partial charge in [0.15, 0.2) is 16.9 Å². The van der Waals surface area contributed by atoms with E-state index in [1.807, 2.05) is 26.0 Å². The molecule has 6 N–H and O–H groups in total. The Morgan fingerprint density at radius 3 is 2.38 bits per heavy atom. The first-order chi connectivity index (χ1) is 18.3. The number of ketones is 1. The van der Waals surface area contributed by atoms with Gasteiger partial charge in [0, 0.05) is 5.56 Å². The van der Waals surface area contributed by atoms with Gasteiger partial charge in [-0.05, 0) is 43.5 Å². The number of hydrogen-bond donors (Lipinski definition) is 6. The molecule has 1 aliphatic heterocycles. The van der Waals surface area contributed by atoms with Crippen LogP contribution in [-0.4, -0.2) is 50.6 Å². The summed E-state index contributed by atoms with van der Waals surface area (Å²) in [5.74, 6) is -2.45. The van der Waals surface area contributed by atoms with Crippen LogP contribution < -0.4 is 10.0 Å². The van der Waals surface area contributed by atoms with Gasteiger partial charge in [-0.15, -0.1) is 4.40 Å². The number of rotatable bonds is 9. The van der Waals surface area contributed by atoms with Gasteiger partial charge in [-0.2, -0.15) is 0 Å². The van der Waals surface area contributed by atoms with E-state index in [1.165, 1.54) is 12.1 Å². The number of carbonyl (C=O) groups is 2. The Kier molecular flexibility index (Phi) is 7.56. The van der Waals surface area contributed by atoms with Crippen LogP contribution in [0.2, 0.25) is 0 Å². The van der Waals surface area contributed by atoms with E-state index < -0.39 is 37.4 Å². The van der Waals surface area contributed by atoms with Crippen LogP contribution in [-0.2, 0) is 25.0 Å². The van der Waals surface area contributed by atoms with Crippen molar-refractivity contribution in [3.05, 3.63) is 59.2 Å². The van der Waals surface area contributed by atoms with E-state index in [4.69, 9.17) is 5.11 Å². The highest BCUT2D eigenvalue weighted by Crippen LogP contribution is 2.57. The number of carboxylic acids is 1. The van der Waals surface area contributed by atoms with Crippen molar-refractivity contribution in [1.29, 1.82) is 0 Å². The van der Waals surface area contributed by atoms with Crippen LogP contribution in [0, 0.1) is 0 Å². The molecule has 0 amide bonds. The SMILES string of the molecule is CCCC1(CCC)C(=O)C(C2=NS(O)(O)c3cc(NS(=O)(=O)C(C)C(=O)O)ccc3N2)=C(O)c2ccccc21. The first-order valence-corrected chi connectivity index (χ1v) is 15.5. The van der Waals surface area contributed by atoms with Crippen molar-refractivity contribution in [3.8, 4) is 0 Å². The highest BCUT2D eigenvalue weighted by molar-refractivity contribution is 8.23. The molecule has 1 atom stereocenters. The predicted octanol–water partition coefficient (Wildman–Crippen LogP) is 5.14. The van der Waals surface area contributed by atoms with Crippen molar-refractivity contribution in [1.82, 2.24) is 0 Å². The Labute approximate surface area is 228 Å². The lowest BCUT2D eigenvalue weighted by molar-refractivity contribution is -0.136. The maximum atomic E-state index is 14.1. The van der Waals surface area contributed by atoms with Crippen LogP contribution >= 0.6 is 10.8 Å². The molecule has 210 valence electrons. The Balaban J connectivity index is 1.80. The third-order valence-electron chi connectivity index (χ3n) is 7.01. The molecule has 0 spiro atoms. The minimum absolute atomic E-state index is 0.100. The third kappa shape index (κ3) is 4.91. The zero-order chi connectivity index (χ0) is 28.8. The number of carboxylic acid groups (broad SMARTS) is 1. The summed E-state index contributed by atoms with van der Waals surface area (Å²) in [6.45, 7) is 4.94. The number of sulfonamides is 1. The van der Waals surface area contributed by atoms with Crippen LogP contribution in [0.25, 0.3) is 5.76 Å². The summed E-state index contributed by atoms with van der Waals surface area (Å²) in [6.07, 6.45) is 2.44. The summed E-state index contributed by atoms with van der Waals surface area (Å²) in [6, 6.07) is 10.9. The standard InChI is InChI=1S/C26H31N3O8S2/c1-4-12-26(13-5-2)18-9-7-6-8-17(18)22(30)21(23(26)31)24-27-19-11-10-16(14-20(19)39(36,37)29-24)28-38(34,35)15(3)25(32)33/h6-11,14-15,28,30,36-37H,4-5,12-13H2,1-3H3,(H,27,29)(H,32,33). The summed E-state index contributed by atoms with van der Waals surface area (Å²) in [4.78, 5) is 25.1. The number of anilines is 2. The zero-order valence-electron chi connectivity index (χ0n) is 21.6. The van der Waals surface area contributed by atoms with E-state index in [0.717, 1.165) is 18.6 Å². The second-order valence-corrected chi connectivity index (χ2v) is 13.3. The molecule has 0 aromatic heterocycles. The highest BCUT2D eigenvalue weighted by Gasteiger charge is 2.48. The van der Waals surface area contributed by atoms with E-state index in [0.29, 0.717) is 31.2 Å². The molecule has 0 saturated heterocycles. The van der Waals surface area contributed by atoms with Gasteiger partial charge < -0.3 is 15.5 Å². The molecule has 1 heterocycles. The van der Waals surface area contributed by atoms with E-state index in [9.17, 15) is 32.2 Å². The topological polar surface area (TPSA) is 186 Å². The molecule has 1 aliphatic carbocycles. The molecule has 2 aromatic rings. The first-order valence-electron chi connectivity index (χ1n) is 12.4. The molecule has 2 aliphatic rings. The largest absolute Gasteiger partial charge is 0.506 e. The van der Waals surface area contributed by atoms with Gasteiger partial charge in [-0.25, -0.2) is 8.42 Å². The maximum Gasteiger partial charge on any atom is 0.323 e. The van der Waals surface area contributed by atoms with E-state index in [2.05, 4.69) is 14.4 Å². The van der Waals surface area contributed by atoms with Gasteiger partial charge in [-0.1, -0.05) is 61.7 Å². The summed E-state index contributed by atoms with van der Waals surface area (Å²) in [5.41, 5.74) is 0.141. The van der Waals surface area contributed by atoms with E-state index in [1.54, 1.807) is 12.1 Å². The number of hydrogen-bond acceptors (Lipinski definition) is 9. The lowest BCUT2D eigenvalue weighted by atomic mass is 9.63. The van der Waals surface area contributed by atoms with Gasteiger partial charge in [0.1, 0.15) is 16.2 Å². The average Bonchev–Trinajstić information content (AvgIpc) is 2.87. The molecule has 0 saturated carbocycles. The fourth-order valence-corrected chi connectivity index (χ4v) is 7.23. The first kappa shape index (κ1) is 28.6. The quantitative estimate of drug-likeness (QED) is 0.235. The Bertz CT molecular complexity index is 1510. The van der Waals surface area contributed by atoms with E-state index in [-0.39, 0.29) is 39.2 Å². The molecule has 4 rings (SSSR count). The number of nitrogens with one attached hydrogen (secondary N) is 2. The summed E-state index contributed by atoms with van der Waals surface area (Å²) >= 11 is 0. The molecule has 2 aromatic carbocycles. The number of benzene rings is 2. The molecular weight excluding hydrogens is 546 g/mol. The molecule has 0 radical (unpaired) electrons. The zero-order valence-corrected chi connectivity index (χ0v) is 23.3. The summed E-state index contributed by atoms with van der Waals surface area (Å²) in [7, 11) is -8.28. The monoisotopic (exact) mass is 577 g/mol. The number of aliphatic hydroxyl groups excluding tert-OH is 1. The molecule has 0 bridgehead atoms. The number of aliphatic carboxylic acids is 1. The Morgan fingerprint density at radius 2 is 1.77 bits per heavy atom. The van der Waals surface area contributed by atoms with Crippen molar-refractivity contribution in [3.63, 3.8) is 0 Å². The van der Waals surface area contributed by atoms with Crippen LogP contribution in [0.3, 0.4) is 0 Å². The lowest BCUT2D eigenvalue weighted by Crippen LogP contribution is -2.44. The van der Waals surface area contributed by atoms with Crippen LogP contribution in [0.4, 0.5) is 11.4 Å². The maximum absolute atomic E-state index is 14.1. The predicted molar refractivity (Wildman–Crippen MR) is 151 cm³/mol. The minimum atomic E-state index is -4.32. The van der Waals surface area contributed by atoms with Crippen LogP contribution in [0.5, 0.6) is 0 Å². The fourth-order valence-electron chi connectivity index (χ4n) is 5.14.